The number of hydrogen-bond acceptors (Lipinski definition) is 5. The SMILES string of the molecule is COC(=O)c1cnc(N2CCC(N[C@H](C)c3cccc4ccccc34)C2)cc1C(F)(F)F. The van der Waals surface area contributed by atoms with E-state index in [-0.39, 0.29) is 17.9 Å². The highest BCUT2D eigenvalue weighted by molar-refractivity contribution is 5.91. The topological polar surface area (TPSA) is 54.5 Å². The van der Waals surface area contributed by atoms with Crippen LogP contribution < -0.4 is 10.2 Å². The Morgan fingerprint density at radius 1 is 1.22 bits per heavy atom. The van der Waals surface area contributed by atoms with Crippen LogP contribution >= 0.6 is 0 Å². The molecule has 0 radical (unpaired) electrons. The Kier molecular flexibility index (Phi) is 6.06. The minimum Gasteiger partial charge on any atom is -0.465 e. The molecule has 1 fully saturated rings. The van der Waals surface area contributed by atoms with Crippen molar-refractivity contribution < 1.29 is 22.7 Å². The lowest BCUT2D eigenvalue weighted by atomic mass is 9.99. The molecule has 0 aliphatic carbocycles. The van der Waals surface area contributed by atoms with Crippen LogP contribution in [0.3, 0.4) is 0 Å². The number of esters is 1. The quantitative estimate of drug-likeness (QED) is 0.565. The largest absolute Gasteiger partial charge is 0.465 e. The van der Waals surface area contributed by atoms with Crippen LogP contribution in [0.5, 0.6) is 0 Å². The lowest BCUT2D eigenvalue weighted by Crippen LogP contribution is -2.34. The van der Waals surface area contributed by atoms with Crippen molar-refractivity contribution in [3.05, 3.63) is 71.4 Å². The molecular formula is C24H24F3N3O2. The number of alkyl halides is 3. The van der Waals surface area contributed by atoms with Crippen LogP contribution in [0.15, 0.2) is 54.7 Å². The summed E-state index contributed by atoms with van der Waals surface area (Å²) in [6.07, 6.45) is -2.96. The summed E-state index contributed by atoms with van der Waals surface area (Å²) in [4.78, 5) is 17.7. The second kappa shape index (κ2) is 8.78. The third kappa shape index (κ3) is 4.41. The van der Waals surface area contributed by atoms with Gasteiger partial charge in [-0.15, -0.1) is 0 Å². The number of ether oxygens (including phenoxy) is 1. The Hall–Kier alpha value is -3.13. The highest BCUT2D eigenvalue weighted by atomic mass is 19.4. The summed E-state index contributed by atoms with van der Waals surface area (Å²) in [5.74, 6) is -0.853. The summed E-state index contributed by atoms with van der Waals surface area (Å²) in [5.41, 5.74) is -0.432. The van der Waals surface area contributed by atoms with Gasteiger partial charge < -0.3 is 15.0 Å². The summed E-state index contributed by atoms with van der Waals surface area (Å²) >= 11 is 0. The number of nitrogens with one attached hydrogen (secondary N) is 1. The molecule has 5 nitrogen and oxygen atoms in total. The van der Waals surface area contributed by atoms with Crippen LogP contribution in [-0.4, -0.2) is 37.2 Å². The number of benzene rings is 2. The van der Waals surface area contributed by atoms with Gasteiger partial charge in [-0.25, -0.2) is 9.78 Å². The van der Waals surface area contributed by atoms with Crippen molar-refractivity contribution in [3.8, 4) is 0 Å². The Balaban J connectivity index is 1.50. The van der Waals surface area contributed by atoms with Gasteiger partial charge in [0.25, 0.3) is 0 Å². The molecule has 2 atom stereocenters. The summed E-state index contributed by atoms with van der Waals surface area (Å²) in [5, 5.41) is 5.95. The average Bonchev–Trinajstić information content (AvgIpc) is 3.25. The molecule has 3 aromatic rings. The van der Waals surface area contributed by atoms with Crippen LogP contribution in [0.1, 0.15) is 40.9 Å². The Bertz CT molecular complexity index is 1130. The molecule has 1 aliphatic heterocycles. The van der Waals surface area contributed by atoms with Gasteiger partial charge in [0.05, 0.1) is 18.2 Å². The maximum Gasteiger partial charge on any atom is 0.417 e. The Labute approximate surface area is 184 Å². The number of anilines is 1. The van der Waals surface area contributed by atoms with E-state index in [0.717, 1.165) is 25.8 Å². The number of carbonyl (C=O) groups excluding carboxylic acids is 1. The first-order chi connectivity index (χ1) is 15.3. The first-order valence-electron chi connectivity index (χ1n) is 10.4. The molecule has 2 aromatic carbocycles. The van der Waals surface area contributed by atoms with Crippen LogP contribution in [-0.2, 0) is 10.9 Å². The van der Waals surface area contributed by atoms with Crippen molar-refractivity contribution in [1.82, 2.24) is 10.3 Å². The first-order valence-corrected chi connectivity index (χ1v) is 10.4. The third-order valence-corrected chi connectivity index (χ3v) is 5.89. The van der Waals surface area contributed by atoms with E-state index >= 15 is 0 Å². The van der Waals surface area contributed by atoms with E-state index in [4.69, 9.17) is 0 Å². The minimum absolute atomic E-state index is 0.0754. The Morgan fingerprint density at radius 3 is 2.72 bits per heavy atom. The second-order valence-electron chi connectivity index (χ2n) is 7.97. The van der Waals surface area contributed by atoms with Crippen LogP contribution in [0, 0.1) is 0 Å². The van der Waals surface area contributed by atoms with Crippen LogP contribution in [0.25, 0.3) is 10.8 Å². The molecule has 168 valence electrons. The zero-order valence-corrected chi connectivity index (χ0v) is 17.8. The number of methoxy groups -OCH3 is 1. The fourth-order valence-electron chi connectivity index (χ4n) is 4.30. The molecule has 1 aliphatic rings. The van der Waals surface area contributed by atoms with Crippen LogP contribution in [0.4, 0.5) is 19.0 Å². The molecule has 1 N–H and O–H groups in total. The monoisotopic (exact) mass is 443 g/mol. The maximum atomic E-state index is 13.5. The molecule has 8 heteroatoms. The van der Waals surface area contributed by atoms with Gasteiger partial charge in [0.15, 0.2) is 0 Å². The molecule has 1 saturated heterocycles. The molecule has 2 heterocycles. The maximum absolute atomic E-state index is 13.5. The smallest absolute Gasteiger partial charge is 0.417 e. The van der Waals surface area contributed by atoms with Gasteiger partial charge in [0.2, 0.25) is 0 Å². The van der Waals surface area contributed by atoms with Gasteiger partial charge >= 0.3 is 12.1 Å². The van der Waals surface area contributed by atoms with Crippen molar-refractivity contribution in [2.75, 3.05) is 25.1 Å². The predicted octanol–water partition coefficient (Wildman–Crippen LogP) is 4.97. The van der Waals surface area contributed by atoms with Crippen molar-refractivity contribution in [1.29, 1.82) is 0 Å². The molecule has 32 heavy (non-hydrogen) atoms. The fraction of sp³-hybridized carbons (Fsp3) is 0.333. The third-order valence-electron chi connectivity index (χ3n) is 5.89. The number of halogens is 3. The van der Waals surface area contributed by atoms with Crippen molar-refractivity contribution in [3.63, 3.8) is 0 Å². The zero-order chi connectivity index (χ0) is 22.9. The standard InChI is InChI=1S/C24H24F3N3O2/c1-15(18-9-5-7-16-6-3-4-8-19(16)18)29-17-10-11-30(14-17)22-12-21(24(25,26)27)20(13-28-22)23(31)32-2/h3-9,12-13,15,17,29H,10-11,14H2,1-2H3/t15-,17?/m1/s1. The van der Waals surface area contributed by atoms with Gasteiger partial charge in [-0.05, 0) is 35.7 Å². The molecule has 4 rings (SSSR count). The second-order valence-corrected chi connectivity index (χ2v) is 7.97. The number of hydrogen-bond donors (Lipinski definition) is 1. The van der Waals surface area contributed by atoms with E-state index in [2.05, 4.69) is 46.2 Å². The summed E-state index contributed by atoms with van der Waals surface area (Å²) in [6.45, 7) is 3.19. The first kappa shape index (κ1) is 22.1. The highest BCUT2D eigenvalue weighted by Crippen LogP contribution is 2.35. The molecule has 1 aromatic heterocycles. The molecular weight excluding hydrogens is 419 g/mol. The summed E-state index contributed by atoms with van der Waals surface area (Å²) in [6, 6.07) is 15.5. The van der Waals surface area contributed by atoms with Gasteiger partial charge in [0.1, 0.15) is 5.82 Å². The molecule has 0 saturated carbocycles. The van der Waals surface area contributed by atoms with E-state index in [1.807, 2.05) is 23.1 Å². The number of aromatic nitrogens is 1. The lowest BCUT2D eigenvalue weighted by molar-refractivity contribution is -0.138. The summed E-state index contributed by atoms with van der Waals surface area (Å²) in [7, 11) is 1.05. The van der Waals surface area contributed by atoms with E-state index in [0.29, 0.717) is 13.1 Å². The zero-order valence-electron chi connectivity index (χ0n) is 17.8. The molecule has 0 spiro atoms. The van der Waals surface area contributed by atoms with Gasteiger partial charge in [-0.3, -0.25) is 0 Å². The van der Waals surface area contributed by atoms with E-state index < -0.39 is 23.3 Å². The van der Waals surface area contributed by atoms with Gasteiger partial charge in [-0.1, -0.05) is 42.5 Å². The van der Waals surface area contributed by atoms with Gasteiger partial charge in [0, 0.05) is 31.4 Å². The average molecular weight is 443 g/mol. The van der Waals surface area contributed by atoms with E-state index in [1.54, 1.807) is 0 Å². The van der Waals surface area contributed by atoms with Crippen molar-refractivity contribution in [2.45, 2.75) is 31.6 Å². The van der Waals surface area contributed by atoms with Crippen molar-refractivity contribution in [2.24, 2.45) is 0 Å². The summed E-state index contributed by atoms with van der Waals surface area (Å²) < 4.78 is 45.0. The predicted molar refractivity (Wildman–Crippen MR) is 117 cm³/mol. The highest BCUT2D eigenvalue weighted by Gasteiger charge is 2.37. The number of rotatable bonds is 5. The molecule has 1 unspecified atom stereocenters. The van der Waals surface area contributed by atoms with E-state index in [9.17, 15) is 18.0 Å². The number of fused-ring (bicyclic) bond motifs is 1. The fourth-order valence-corrected chi connectivity index (χ4v) is 4.30. The number of nitrogens with zero attached hydrogens (tertiary/aromatic N) is 2. The van der Waals surface area contributed by atoms with Gasteiger partial charge in [-0.2, -0.15) is 13.2 Å². The normalized spacial score (nSPS) is 17.5. The lowest BCUT2D eigenvalue weighted by Gasteiger charge is -2.23. The number of pyridine rings is 1. The minimum atomic E-state index is -4.68. The Morgan fingerprint density at radius 2 is 1.97 bits per heavy atom. The molecule has 0 bridgehead atoms. The molecule has 0 amide bonds. The van der Waals surface area contributed by atoms with Crippen molar-refractivity contribution >= 4 is 22.6 Å². The van der Waals surface area contributed by atoms with E-state index in [1.165, 1.54) is 16.3 Å². The number of carbonyl (C=O) groups is 1. The van der Waals surface area contributed by atoms with Crippen LogP contribution in [0.2, 0.25) is 0 Å².